The van der Waals surface area contributed by atoms with E-state index >= 15 is 0 Å². The number of amides is 1. The van der Waals surface area contributed by atoms with Crippen LogP contribution in [0.1, 0.15) is 5.56 Å². The van der Waals surface area contributed by atoms with E-state index in [0.717, 1.165) is 5.56 Å². The first-order chi connectivity index (χ1) is 5.58. The summed E-state index contributed by atoms with van der Waals surface area (Å²) in [6.45, 7) is 1.85. The minimum Gasteiger partial charge on any atom is -0.410 e. The number of carbonyl (C=O) groups is 1. The molecule has 0 unspecified atom stereocenters. The van der Waals surface area contributed by atoms with Gasteiger partial charge in [-0.15, -0.1) is 0 Å². The summed E-state index contributed by atoms with van der Waals surface area (Å²) in [7, 11) is 0. The van der Waals surface area contributed by atoms with Gasteiger partial charge in [0.15, 0.2) is 0 Å². The zero-order valence-corrected chi connectivity index (χ0v) is 7.26. The minimum absolute atomic E-state index is 0.368. The number of nitrogens with two attached hydrogens (primary N) is 1. The van der Waals surface area contributed by atoms with E-state index in [0.29, 0.717) is 10.8 Å². The lowest BCUT2D eigenvalue weighted by molar-refractivity contribution is 0.211. The average Bonchev–Trinajstić information content (AvgIpc) is 1.81. The molecular weight excluding hydrogens is 178 g/mol. The Kier molecular flexibility index (Phi) is 2.55. The maximum Gasteiger partial charge on any atom is 0.409 e. The Morgan fingerprint density at radius 3 is 2.67 bits per heavy atom. The third-order valence-corrected chi connectivity index (χ3v) is 1.45. The van der Waals surface area contributed by atoms with Gasteiger partial charge in [0.05, 0.1) is 0 Å². The van der Waals surface area contributed by atoms with Gasteiger partial charge < -0.3 is 10.5 Å². The van der Waals surface area contributed by atoms with E-state index in [9.17, 15) is 4.79 Å². The van der Waals surface area contributed by atoms with Crippen molar-refractivity contribution in [1.29, 1.82) is 0 Å². The van der Waals surface area contributed by atoms with Gasteiger partial charge in [-0.3, -0.25) is 0 Å². The highest BCUT2D eigenvalue weighted by atomic mass is 35.5. The van der Waals surface area contributed by atoms with Crippen molar-refractivity contribution in [1.82, 2.24) is 0 Å². The summed E-state index contributed by atoms with van der Waals surface area (Å²) >= 11 is 5.70. The zero-order valence-electron chi connectivity index (χ0n) is 6.50. The van der Waals surface area contributed by atoms with Gasteiger partial charge in [0, 0.05) is 5.02 Å². The van der Waals surface area contributed by atoms with Gasteiger partial charge >= 0.3 is 6.09 Å². The van der Waals surface area contributed by atoms with Crippen molar-refractivity contribution in [2.45, 2.75) is 6.92 Å². The molecule has 0 aliphatic carbocycles. The number of rotatable bonds is 1. The topological polar surface area (TPSA) is 52.3 Å². The van der Waals surface area contributed by atoms with Gasteiger partial charge in [0.1, 0.15) is 5.75 Å². The summed E-state index contributed by atoms with van der Waals surface area (Å²) in [5, 5.41) is 0.520. The number of carbonyl (C=O) groups excluding carboxylic acids is 1. The highest BCUT2D eigenvalue weighted by Crippen LogP contribution is 2.20. The summed E-state index contributed by atoms with van der Waals surface area (Å²) in [5.41, 5.74) is 5.74. The molecule has 12 heavy (non-hydrogen) atoms. The molecule has 1 aromatic carbocycles. The van der Waals surface area contributed by atoms with Gasteiger partial charge in [0.2, 0.25) is 0 Å². The van der Waals surface area contributed by atoms with Crippen LogP contribution in [0.5, 0.6) is 5.75 Å². The minimum atomic E-state index is -0.836. The predicted molar refractivity (Wildman–Crippen MR) is 46.4 cm³/mol. The second kappa shape index (κ2) is 3.45. The lowest BCUT2D eigenvalue weighted by Crippen LogP contribution is -2.16. The molecule has 0 aliphatic heterocycles. The van der Waals surface area contributed by atoms with E-state index in [1.165, 1.54) is 6.07 Å². The van der Waals surface area contributed by atoms with E-state index in [1.54, 1.807) is 12.1 Å². The summed E-state index contributed by atoms with van der Waals surface area (Å²) in [6.07, 6.45) is -0.836. The lowest BCUT2D eigenvalue weighted by Gasteiger charge is -2.01. The number of primary amides is 1. The molecule has 1 amide bonds. The molecule has 0 aliphatic rings. The molecule has 0 saturated carbocycles. The Balaban J connectivity index is 2.93. The fourth-order valence-electron chi connectivity index (χ4n) is 0.878. The molecule has 1 rings (SSSR count). The lowest BCUT2D eigenvalue weighted by atomic mass is 10.2. The van der Waals surface area contributed by atoms with Crippen LogP contribution in [0, 0.1) is 6.92 Å². The number of benzene rings is 1. The molecule has 2 N–H and O–H groups in total. The van der Waals surface area contributed by atoms with Crippen LogP contribution < -0.4 is 10.5 Å². The molecule has 64 valence electrons. The fourth-order valence-corrected chi connectivity index (χ4v) is 1.16. The van der Waals surface area contributed by atoms with Crippen molar-refractivity contribution in [3.05, 3.63) is 28.8 Å². The van der Waals surface area contributed by atoms with Crippen LogP contribution >= 0.6 is 11.6 Å². The van der Waals surface area contributed by atoms with E-state index in [2.05, 4.69) is 4.74 Å². The fraction of sp³-hybridized carbons (Fsp3) is 0.125. The molecule has 0 aromatic heterocycles. The molecule has 1 aromatic rings. The van der Waals surface area contributed by atoms with Gasteiger partial charge in [0.25, 0.3) is 0 Å². The summed E-state index contributed by atoms with van der Waals surface area (Å²) in [5.74, 6) is 0.368. The van der Waals surface area contributed by atoms with Crippen molar-refractivity contribution in [2.24, 2.45) is 5.73 Å². The highest BCUT2D eigenvalue weighted by molar-refractivity contribution is 6.30. The maximum absolute atomic E-state index is 10.3. The second-order valence-corrected chi connectivity index (χ2v) is 2.82. The van der Waals surface area contributed by atoms with Crippen LogP contribution in [0.3, 0.4) is 0 Å². The molecular formula is C8H8ClNO2. The number of aryl methyl sites for hydroxylation is 1. The number of ether oxygens (including phenoxy) is 1. The van der Waals surface area contributed by atoms with Crippen LogP contribution in [0.2, 0.25) is 5.02 Å². The Morgan fingerprint density at radius 2 is 2.17 bits per heavy atom. The first-order valence-corrected chi connectivity index (χ1v) is 3.70. The third-order valence-electron chi connectivity index (χ3n) is 1.23. The van der Waals surface area contributed by atoms with E-state index in [-0.39, 0.29) is 0 Å². The van der Waals surface area contributed by atoms with Crippen LogP contribution in [0.4, 0.5) is 4.79 Å². The van der Waals surface area contributed by atoms with Gasteiger partial charge in [-0.25, -0.2) is 4.79 Å². The monoisotopic (exact) mass is 185 g/mol. The molecule has 0 bridgehead atoms. The summed E-state index contributed by atoms with van der Waals surface area (Å²) in [4.78, 5) is 10.3. The van der Waals surface area contributed by atoms with Crippen LogP contribution in [-0.4, -0.2) is 6.09 Å². The van der Waals surface area contributed by atoms with E-state index in [4.69, 9.17) is 17.3 Å². The second-order valence-electron chi connectivity index (χ2n) is 2.39. The number of hydrogen-bond acceptors (Lipinski definition) is 2. The molecule has 0 fully saturated rings. The van der Waals surface area contributed by atoms with Crippen LogP contribution in [0.15, 0.2) is 18.2 Å². The van der Waals surface area contributed by atoms with Crippen molar-refractivity contribution in [2.75, 3.05) is 0 Å². The van der Waals surface area contributed by atoms with E-state index in [1.807, 2.05) is 6.92 Å². The first kappa shape index (κ1) is 8.87. The largest absolute Gasteiger partial charge is 0.410 e. The Morgan fingerprint density at radius 1 is 1.50 bits per heavy atom. The van der Waals surface area contributed by atoms with Crippen LogP contribution in [-0.2, 0) is 0 Å². The van der Waals surface area contributed by atoms with Crippen molar-refractivity contribution < 1.29 is 9.53 Å². The van der Waals surface area contributed by atoms with Gasteiger partial charge in [-0.2, -0.15) is 0 Å². The molecule has 0 radical (unpaired) electrons. The van der Waals surface area contributed by atoms with Crippen LogP contribution in [0.25, 0.3) is 0 Å². The normalized spacial score (nSPS) is 9.50. The van der Waals surface area contributed by atoms with Gasteiger partial charge in [-0.05, 0) is 30.7 Å². The average molecular weight is 186 g/mol. The molecule has 0 atom stereocenters. The molecule has 0 spiro atoms. The van der Waals surface area contributed by atoms with Crippen molar-refractivity contribution in [3.63, 3.8) is 0 Å². The SMILES string of the molecule is Cc1cc(Cl)cc(OC(N)=O)c1. The van der Waals surface area contributed by atoms with Crippen molar-refractivity contribution in [3.8, 4) is 5.75 Å². The number of hydrogen-bond donors (Lipinski definition) is 1. The Bertz CT molecular complexity index is 292. The Labute approximate surface area is 75.1 Å². The predicted octanol–water partition coefficient (Wildman–Crippen LogP) is 2.11. The molecule has 0 saturated heterocycles. The molecule has 3 nitrogen and oxygen atoms in total. The highest BCUT2D eigenvalue weighted by Gasteiger charge is 2.00. The third kappa shape index (κ3) is 2.43. The van der Waals surface area contributed by atoms with Gasteiger partial charge in [-0.1, -0.05) is 11.6 Å². The standard InChI is InChI=1S/C8H8ClNO2/c1-5-2-6(9)4-7(3-5)12-8(10)11/h2-4H,1H3,(H2,10,11). The summed E-state index contributed by atoms with van der Waals surface area (Å²) < 4.78 is 4.63. The molecule has 0 heterocycles. The van der Waals surface area contributed by atoms with Crippen molar-refractivity contribution >= 4 is 17.7 Å². The maximum atomic E-state index is 10.3. The molecule has 4 heteroatoms. The zero-order chi connectivity index (χ0) is 9.14. The first-order valence-electron chi connectivity index (χ1n) is 3.32. The quantitative estimate of drug-likeness (QED) is 0.729. The number of halogens is 1. The smallest absolute Gasteiger partial charge is 0.409 e. The summed E-state index contributed by atoms with van der Waals surface area (Å²) in [6, 6.07) is 4.96. The van der Waals surface area contributed by atoms with E-state index < -0.39 is 6.09 Å². The Hall–Kier alpha value is -1.22.